The summed E-state index contributed by atoms with van der Waals surface area (Å²) in [5, 5.41) is 7.59. The predicted octanol–water partition coefficient (Wildman–Crippen LogP) is 2.11. The number of hydrogen-bond acceptors (Lipinski definition) is 4. The summed E-state index contributed by atoms with van der Waals surface area (Å²) in [7, 11) is 1.64. The predicted molar refractivity (Wildman–Crippen MR) is 72.6 cm³/mol. The second-order valence-corrected chi connectivity index (χ2v) is 3.97. The van der Waals surface area contributed by atoms with Crippen LogP contribution >= 0.6 is 0 Å². The Morgan fingerprint density at radius 1 is 1.39 bits per heavy atom. The van der Waals surface area contributed by atoms with E-state index in [1.165, 1.54) is 0 Å². The van der Waals surface area contributed by atoms with Gasteiger partial charge in [-0.05, 0) is 30.7 Å². The van der Waals surface area contributed by atoms with Gasteiger partial charge >= 0.3 is 0 Å². The third kappa shape index (κ3) is 2.74. The molecule has 0 aliphatic rings. The van der Waals surface area contributed by atoms with Crippen LogP contribution < -0.4 is 15.8 Å². The third-order valence-corrected chi connectivity index (χ3v) is 2.77. The lowest BCUT2D eigenvalue weighted by molar-refractivity contribution is 0.414. The number of methoxy groups -OCH3 is 1. The molecule has 0 saturated heterocycles. The van der Waals surface area contributed by atoms with Gasteiger partial charge in [0.05, 0.1) is 7.11 Å². The minimum absolute atomic E-state index is 0.629. The van der Waals surface area contributed by atoms with Gasteiger partial charge in [0, 0.05) is 31.0 Å². The van der Waals surface area contributed by atoms with Gasteiger partial charge in [0.25, 0.3) is 0 Å². The summed E-state index contributed by atoms with van der Waals surface area (Å²) in [5.74, 6) is 1.65. The molecule has 3 N–H and O–H groups in total. The number of aromatic nitrogens is 2. The van der Waals surface area contributed by atoms with Crippen LogP contribution in [0, 0.1) is 0 Å². The zero-order chi connectivity index (χ0) is 13.0. The molecule has 2 rings (SSSR count). The Bertz CT molecular complexity index is 521. The molecular weight excluding hydrogens is 228 g/mol. The van der Waals surface area contributed by atoms with E-state index in [2.05, 4.69) is 17.3 Å². The van der Waals surface area contributed by atoms with Crippen molar-refractivity contribution in [2.45, 2.75) is 20.0 Å². The van der Waals surface area contributed by atoms with Gasteiger partial charge in [-0.25, -0.2) is 0 Å². The number of ether oxygens (including phenoxy) is 1. The van der Waals surface area contributed by atoms with E-state index in [0.717, 1.165) is 29.4 Å². The quantitative estimate of drug-likeness (QED) is 0.793. The summed E-state index contributed by atoms with van der Waals surface area (Å²) in [6.07, 6.45) is 1.94. The van der Waals surface area contributed by atoms with Crippen molar-refractivity contribution in [3.63, 3.8) is 0 Å². The van der Waals surface area contributed by atoms with E-state index in [-0.39, 0.29) is 0 Å². The molecule has 0 radical (unpaired) electrons. The van der Waals surface area contributed by atoms with Crippen molar-refractivity contribution in [2.24, 2.45) is 0 Å². The van der Waals surface area contributed by atoms with Crippen molar-refractivity contribution in [3.05, 3.63) is 36.0 Å². The van der Waals surface area contributed by atoms with Crippen LogP contribution in [0.4, 0.5) is 11.5 Å². The normalized spacial score (nSPS) is 10.3. The van der Waals surface area contributed by atoms with E-state index in [9.17, 15) is 0 Å². The zero-order valence-electron chi connectivity index (χ0n) is 10.7. The van der Waals surface area contributed by atoms with Crippen molar-refractivity contribution in [3.8, 4) is 5.75 Å². The van der Waals surface area contributed by atoms with Crippen LogP contribution in [0.1, 0.15) is 12.5 Å². The number of nitrogens with zero attached hydrogens (tertiary/aromatic N) is 2. The fourth-order valence-electron chi connectivity index (χ4n) is 1.68. The number of nitrogens with two attached hydrogens (primary N) is 1. The molecule has 0 bridgehead atoms. The molecule has 1 heterocycles. The van der Waals surface area contributed by atoms with Crippen LogP contribution in [0.25, 0.3) is 0 Å². The molecule has 0 fully saturated rings. The second-order valence-electron chi connectivity index (χ2n) is 3.97. The molecule has 0 aliphatic carbocycles. The highest BCUT2D eigenvalue weighted by molar-refractivity contribution is 5.52. The standard InChI is InChI=1S/C13H18N4O/c1-3-17-7-6-13(16-17)15-9-10-8-11(18-2)4-5-12(10)14/h4-8H,3,9,14H2,1-2H3,(H,15,16). The van der Waals surface area contributed by atoms with Gasteiger partial charge in [0.2, 0.25) is 0 Å². The van der Waals surface area contributed by atoms with Gasteiger partial charge in [-0.2, -0.15) is 5.10 Å². The van der Waals surface area contributed by atoms with Crippen molar-refractivity contribution in [1.82, 2.24) is 9.78 Å². The van der Waals surface area contributed by atoms with Crippen LogP contribution in [-0.4, -0.2) is 16.9 Å². The highest BCUT2D eigenvalue weighted by Crippen LogP contribution is 2.20. The Labute approximate surface area is 107 Å². The first-order valence-electron chi connectivity index (χ1n) is 5.92. The van der Waals surface area contributed by atoms with Crippen molar-refractivity contribution in [2.75, 3.05) is 18.2 Å². The lowest BCUT2D eigenvalue weighted by atomic mass is 10.1. The van der Waals surface area contributed by atoms with Crippen LogP contribution in [-0.2, 0) is 13.1 Å². The summed E-state index contributed by atoms with van der Waals surface area (Å²) in [4.78, 5) is 0. The zero-order valence-corrected chi connectivity index (χ0v) is 10.7. The Kier molecular flexibility index (Phi) is 3.72. The van der Waals surface area contributed by atoms with Crippen molar-refractivity contribution >= 4 is 11.5 Å². The molecule has 1 aromatic carbocycles. The highest BCUT2D eigenvalue weighted by atomic mass is 16.5. The Morgan fingerprint density at radius 3 is 2.89 bits per heavy atom. The number of rotatable bonds is 5. The molecule has 0 amide bonds. The van der Waals surface area contributed by atoms with Gasteiger partial charge in [0.15, 0.2) is 0 Å². The molecule has 5 nitrogen and oxygen atoms in total. The number of hydrogen-bond donors (Lipinski definition) is 2. The van der Waals surface area contributed by atoms with E-state index < -0.39 is 0 Å². The lowest BCUT2D eigenvalue weighted by Crippen LogP contribution is -2.04. The molecule has 5 heteroatoms. The summed E-state index contributed by atoms with van der Waals surface area (Å²) in [6, 6.07) is 7.57. The number of nitrogen functional groups attached to an aromatic ring is 1. The number of benzene rings is 1. The highest BCUT2D eigenvalue weighted by Gasteiger charge is 2.03. The summed E-state index contributed by atoms with van der Waals surface area (Å²) in [5.41, 5.74) is 7.67. The van der Waals surface area contributed by atoms with Crippen LogP contribution in [0.3, 0.4) is 0 Å². The van der Waals surface area contributed by atoms with Gasteiger partial charge in [-0.1, -0.05) is 0 Å². The van der Waals surface area contributed by atoms with E-state index in [1.54, 1.807) is 7.11 Å². The molecule has 0 spiro atoms. The smallest absolute Gasteiger partial charge is 0.148 e. The number of nitrogens with one attached hydrogen (secondary N) is 1. The van der Waals surface area contributed by atoms with E-state index in [4.69, 9.17) is 10.5 Å². The minimum atomic E-state index is 0.629. The molecule has 0 saturated carbocycles. The topological polar surface area (TPSA) is 65.1 Å². The van der Waals surface area contributed by atoms with Gasteiger partial charge in [-0.15, -0.1) is 0 Å². The van der Waals surface area contributed by atoms with Crippen LogP contribution in [0.5, 0.6) is 5.75 Å². The van der Waals surface area contributed by atoms with E-state index in [0.29, 0.717) is 6.54 Å². The maximum absolute atomic E-state index is 5.92. The number of aryl methyl sites for hydroxylation is 1. The minimum Gasteiger partial charge on any atom is -0.497 e. The lowest BCUT2D eigenvalue weighted by Gasteiger charge is -2.08. The van der Waals surface area contributed by atoms with Crippen molar-refractivity contribution < 1.29 is 4.74 Å². The molecule has 0 unspecified atom stereocenters. The first-order chi connectivity index (χ1) is 8.72. The average Bonchev–Trinajstić information content (AvgIpc) is 2.86. The van der Waals surface area contributed by atoms with Gasteiger partial charge in [-0.3, -0.25) is 4.68 Å². The Hall–Kier alpha value is -2.17. The average molecular weight is 246 g/mol. The molecule has 96 valence electrons. The summed E-state index contributed by atoms with van der Waals surface area (Å²) < 4.78 is 7.05. The van der Waals surface area contributed by atoms with E-state index >= 15 is 0 Å². The van der Waals surface area contributed by atoms with Crippen LogP contribution in [0.15, 0.2) is 30.5 Å². The molecule has 0 atom stereocenters. The maximum atomic E-state index is 5.92. The SMILES string of the molecule is CCn1ccc(NCc2cc(OC)ccc2N)n1. The summed E-state index contributed by atoms with van der Waals surface area (Å²) in [6.45, 7) is 3.55. The molecule has 18 heavy (non-hydrogen) atoms. The third-order valence-electron chi connectivity index (χ3n) is 2.77. The monoisotopic (exact) mass is 246 g/mol. The second kappa shape index (κ2) is 5.44. The molecule has 0 aliphatic heterocycles. The van der Waals surface area contributed by atoms with Gasteiger partial charge < -0.3 is 15.8 Å². The fraction of sp³-hybridized carbons (Fsp3) is 0.308. The van der Waals surface area contributed by atoms with E-state index in [1.807, 2.05) is 35.1 Å². The molecular formula is C13H18N4O. The van der Waals surface area contributed by atoms with Gasteiger partial charge in [0.1, 0.15) is 11.6 Å². The largest absolute Gasteiger partial charge is 0.497 e. The fourth-order valence-corrected chi connectivity index (χ4v) is 1.68. The Morgan fingerprint density at radius 2 is 2.22 bits per heavy atom. The molecule has 2 aromatic rings. The Balaban J connectivity index is 2.05. The number of anilines is 2. The van der Waals surface area contributed by atoms with Crippen LogP contribution in [0.2, 0.25) is 0 Å². The maximum Gasteiger partial charge on any atom is 0.148 e. The van der Waals surface area contributed by atoms with Crippen molar-refractivity contribution in [1.29, 1.82) is 0 Å². The summed E-state index contributed by atoms with van der Waals surface area (Å²) >= 11 is 0. The first kappa shape index (κ1) is 12.3. The molecule has 1 aromatic heterocycles. The first-order valence-corrected chi connectivity index (χ1v) is 5.92.